The molecule has 1 aliphatic heterocycles. The number of ether oxygens (including phenoxy) is 6. The van der Waals surface area contributed by atoms with Crippen molar-refractivity contribution in [3.63, 3.8) is 0 Å². The minimum absolute atomic E-state index is 0.0841. The molecule has 194 valence electrons. The van der Waals surface area contributed by atoms with Gasteiger partial charge in [-0.25, -0.2) is 0 Å². The maximum Gasteiger partial charge on any atom is 0.471 e. The summed E-state index contributed by atoms with van der Waals surface area (Å²) >= 11 is 0. The Labute approximate surface area is 197 Å². The van der Waals surface area contributed by atoms with Crippen molar-refractivity contribution >= 4 is 23.8 Å². The Kier molecular flexibility index (Phi) is 9.28. The Morgan fingerprint density at radius 3 is 1.94 bits per heavy atom. The number of carbonyl (C=O) groups is 4. The van der Waals surface area contributed by atoms with Crippen molar-refractivity contribution < 1.29 is 60.8 Å². The second-order valence-corrected chi connectivity index (χ2v) is 7.28. The highest BCUT2D eigenvalue weighted by Crippen LogP contribution is 2.30. The van der Waals surface area contributed by atoms with Crippen LogP contribution < -0.4 is 14.8 Å². The minimum atomic E-state index is -5.31. The lowest BCUT2D eigenvalue weighted by Crippen LogP contribution is -2.68. The quantitative estimate of drug-likeness (QED) is 0.405. The molecular weight excluding hydrogens is 483 g/mol. The average Bonchev–Trinajstić information content (AvgIpc) is 2.75. The van der Waals surface area contributed by atoms with Gasteiger partial charge in [-0.3, -0.25) is 19.2 Å². The van der Waals surface area contributed by atoms with E-state index in [4.69, 9.17) is 28.4 Å². The molecule has 1 heterocycles. The van der Waals surface area contributed by atoms with Gasteiger partial charge in [-0.05, 0) is 24.3 Å². The third-order valence-electron chi connectivity index (χ3n) is 4.57. The Balaban J connectivity index is 2.50. The number of esters is 3. The predicted molar refractivity (Wildman–Crippen MR) is 108 cm³/mol. The van der Waals surface area contributed by atoms with Crippen LogP contribution in [0.1, 0.15) is 20.8 Å². The number of methoxy groups -OCH3 is 1. The van der Waals surface area contributed by atoms with Crippen molar-refractivity contribution in [2.75, 3.05) is 13.7 Å². The third-order valence-corrected chi connectivity index (χ3v) is 4.57. The normalized spacial score (nSPS) is 24.0. The second kappa shape index (κ2) is 11.7. The van der Waals surface area contributed by atoms with Crippen LogP contribution >= 0.6 is 0 Å². The standard InChI is InChI=1S/C21H24F3NO10/c1-10(26)31-9-15-17(32-11(2)27)18(33-12(3)28)16(25-20(29)21(22,23)24)19(35-15)34-14-7-5-13(30-4)6-8-14/h5-8,15-19H,9H2,1-4H3,(H,25,29)/t15-,16-,17+,18-,19-/m1/s1. The van der Waals surface area contributed by atoms with Gasteiger partial charge in [0.1, 0.15) is 30.3 Å². The van der Waals surface area contributed by atoms with Crippen molar-refractivity contribution in [2.45, 2.75) is 57.6 Å². The first kappa shape index (κ1) is 27.7. The maximum absolute atomic E-state index is 13.1. The molecule has 0 spiro atoms. The molecule has 1 fully saturated rings. The van der Waals surface area contributed by atoms with E-state index in [1.807, 2.05) is 0 Å². The number of nitrogens with one attached hydrogen (secondary N) is 1. The molecule has 0 bridgehead atoms. The van der Waals surface area contributed by atoms with Crippen molar-refractivity contribution in [2.24, 2.45) is 0 Å². The van der Waals surface area contributed by atoms with E-state index in [0.717, 1.165) is 20.8 Å². The van der Waals surface area contributed by atoms with E-state index in [0.29, 0.717) is 5.75 Å². The lowest BCUT2D eigenvalue weighted by molar-refractivity contribution is -0.259. The summed E-state index contributed by atoms with van der Waals surface area (Å²) in [6.07, 6.45) is -11.6. The van der Waals surface area contributed by atoms with Crippen LogP contribution in [0.15, 0.2) is 24.3 Å². The van der Waals surface area contributed by atoms with E-state index in [1.54, 1.807) is 5.32 Å². The van der Waals surface area contributed by atoms with Gasteiger partial charge >= 0.3 is 30.0 Å². The number of amides is 1. The molecule has 1 amide bonds. The van der Waals surface area contributed by atoms with Crippen molar-refractivity contribution in [3.8, 4) is 11.5 Å². The highest BCUT2D eigenvalue weighted by Gasteiger charge is 2.54. The van der Waals surface area contributed by atoms with Crippen LogP contribution in [0.25, 0.3) is 0 Å². The molecule has 1 N–H and O–H groups in total. The fraction of sp³-hybridized carbons (Fsp3) is 0.524. The summed E-state index contributed by atoms with van der Waals surface area (Å²) in [7, 11) is 1.42. The Hall–Kier alpha value is -3.55. The molecule has 1 aromatic rings. The zero-order valence-corrected chi connectivity index (χ0v) is 19.1. The fourth-order valence-corrected chi connectivity index (χ4v) is 3.18. The van der Waals surface area contributed by atoms with E-state index in [9.17, 15) is 32.3 Å². The molecule has 35 heavy (non-hydrogen) atoms. The number of hydrogen-bond acceptors (Lipinski definition) is 10. The Morgan fingerprint density at radius 2 is 1.46 bits per heavy atom. The first-order valence-corrected chi connectivity index (χ1v) is 10.1. The molecule has 11 nitrogen and oxygen atoms in total. The van der Waals surface area contributed by atoms with Crippen LogP contribution in [0.4, 0.5) is 13.2 Å². The largest absolute Gasteiger partial charge is 0.497 e. The first-order chi connectivity index (χ1) is 16.3. The SMILES string of the molecule is COc1ccc(O[C@@H]2O[C@H](COC(C)=O)[C@H](OC(C)=O)[C@H](OC(C)=O)[C@H]2NC(=O)C(F)(F)F)cc1. The summed E-state index contributed by atoms with van der Waals surface area (Å²) in [6, 6.07) is 4.00. The van der Waals surface area contributed by atoms with Crippen molar-refractivity contribution in [3.05, 3.63) is 24.3 Å². The highest BCUT2D eigenvalue weighted by molar-refractivity contribution is 5.82. The van der Waals surface area contributed by atoms with E-state index in [-0.39, 0.29) is 5.75 Å². The average molecular weight is 507 g/mol. The lowest BCUT2D eigenvalue weighted by Gasteiger charge is -2.44. The monoisotopic (exact) mass is 507 g/mol. The Bertz CT molecular complexity index is 921. The highest BCUT2D eigenvalue weighted by atomic mass is 19.4. The smallest absolute Gasteiger partial charge is 0.471 e. The van der Waals surface area contributed by atoms with Gasteiger partial charge in [0.25, 0.3) is 0 Å². The molecule has 1 saturated heterocycles. The summed E-state index contributed by atoms with van der Waals surface area (Å²) in [6.45, 7) is 2.51. The van der Waals surface area contributed by atoms with Gasteiger partial charge in [0.05, 0.1) is 7.11 Å². The molecule has 1 aromatic carbocycles. The molecule has 2 rings (SSSR count). The summed E-state index contributed by atoms with van der Waals surface area (Å²) in [5.41, 5.74) is 0. The van der Waals surface area contributed by atoms with Crippen LogP contribution in [0.3, 0.4) is 0 Å². The number of carbonyl (C=O) groups excluding carboxylic acids is 4. The van der Waals surface area contributed by atoms with Gasteiger partial charge in [0, 0.05) is 20.8 Å². The molecule has 0 aromatic heterocycles. The van der Waals surface area contributed by atoms with Crippen molar-refractivity contribution in [1.82, 2.24) is 5.32 Å². The van der Waals surface area contributed by atoms with Gasteiger partial charge in [0.15, 0.2) is 12.2 Å². The number of alkyl halides is 3. The molecule has 1 aliphatic rings. The lowest BCUT2D eigenvalue weighted by atomic mass is 9.96. The molecule has 0 saturated carbocycles. The minimum Gasteiger partial charge on any atom is -0.497 e. The van der Waals surface area contributed by atoms with Gasteiger partial charge < -0.3 is 33.7 Å². The van der Waals surface area contributed by atoms with Gasteiger partial charge in [0.2, 0.25) is 6.29 Å². The molecule has 14 heteroatoms. The van der Waals surface area contributed by atoms with Crippen LogP contribution in [0.2, 0.25) is 0 Å². The van der Waals surface area contributed by atoms with Crippen LogP contribution in [-0.4, -0.2) is 74.4 Å². The van der Waals surface area contributed by atoms with E-state index in [2.05, 4.69) is 0 Å². The van der Waals surface area contributed by atoms with Crippen molar-refractivity contribution in [1.29, 1.82) is 0 Å². The van der Waals surface area contributed by atoms with Gasteiger partial charge in [-0.1, -0.05) is 0 Å². The molecule has 0 aliphatic carbocycles. The summed E-state index contributed by atoms with van der Waals surface area (Å²) < 4.78 is 70.8. The van der Waals surface area contributed by atoms with E-state index < -0.39 is 67.2 Å². The second-order valence-electron chi connectivity index (χ2n) is 7.28. The van der Waals surface area contributed by atoms with Crippen LogP contribution in [-0.2, 0) is 38.1 Å². The van der Waals surface area contributed by atoms with Crippen LogP contribution in [0.5, 0.6) is 11.5 Å². The summed E-state index contributed by atoms with van der Waals surface area (Å²) in [5, 5.41) is 1.68. The number of benzene rings is 1. The first-order valence-electron chi connectivity index (χ1n) is 10.1. The fourth-order valence-electron chi connectivity index (χ4n) is 3.18. The molecule has 0 unspecified atom stereocenters. The number of halogens is 3. The van der Waals surface area contributed by atoms with E-state index >= 15 is 0 Å². The topological polar surface area (TPSA) is 136 Å². The maximum atomic E-state index is 13.1. The third kappa shape index (κ3) is 8.02. The number of rotatable bonds is 8. The molecule has 5 atom stereocenters. The predicted octanol–water partition coefficient (Wildman–Crippen LogP) is 1.27. The number of hydrogen-bond donors (Lipinski definition) is 1. The molecular formula is C21H24F3NO10. The van der Waals surface area contributed by atoms with Gasteiger partial charge in [-0.15, -0.1) is 0 Å². The van der Waals surface area contributed by atoms with Gasteiger partial charge in [-0.2, -0.15) is 13.2 Å². The summed E-state index contributed by atoms with van der Waals surface area (Å²) in [4.78, 5) is 46.6. The van der Waals surface area contributed by atoms with E-state index in [1.165, 1.54) is 31.4 Å². The molecule has 0 radical (unpaired) electrons. The van der Waals surface area contributed by atoms with Crippen LogP contribution in [0, 0.1) is 0 Å². The Morgan fingerprint density at radius 1 is 0.914 bits per heavy atom. The zero-order valence-electron chi connectivity index (χ0n) is 19.1. The summed E-state index contributed by atoms with van der Waals surface area (Å²) in [5.74, 6) is -4.45. The zero-order chi connectivity index (χ0) is 26.3.